The maximum absolute atomic E-state index is 13.4. The van der Waals surface area contributed by atoms with E-state index >= 15 is 0 Å². The lowest BCUT2D eigenvalue weighted by molar-refractivity contribution is -0.136. The summed E-state index contributed by atoms with van der Waals surface area (Å²) in [7, 11) is -3.87. The topological polar surface area (TPSA) is 86.8 Å². The van der Waals surface area contributed by atoms with Crippen LogP contribution in [0.25, 0.3) is 0 Å². The van der Waals surface area contributed by atoms with Crippen LogP contribution in [0.2, 0.25) is 0 Å². The third kappa shape index (κ3) is 4.59. The molecule has 2 atom stereocenters. The van der Waals surface area contributed by atoms with Gasteiger partial charge in [0.25, 0.3) is 0 Å². The van der Waals surface area contributed by atoms with E-state index in [1.54, 1.807) is 9.80 Å². The third-order valence-electron chi connectivity index (χ3n) is 5.19. The Kier molecular flexibility index (Phi) is 6.14. The summed E-state index contributed by atoms with van der Waals surface area (Å²) in [4.78, 5) is 27.7. The Bertz CT molecular complexity index is 874. The van der Waals surface area contributed by atoms with Gasteiger partial charge in [-0.05, 0) is 43.5 Å². The van der Waals surface area contributed by atoms with Gasteiger partial charge in [-0.15, -0.1) is 0 Å². The van der Waals surface area contributed by atoms with Gasteiger partial charge in [-0.3, -0.25) is 9.59 Å². The summed E-state index contributed by atoms with van der Waals surface area (Å²) in [5.74, 6) is -1.14. The van der Waals surface area contributed by atoms with Gasteiger partial charge in [-0.1, -0.05) is 12.6 Å². The van der Waals surface area contributed by atoms with Gasteiger partial charge in [0.05, 0.1) is 10.8 Å². The molecule has 3 rings (SSSR count). The van der Waals surface area contributed by atoms with E-state index in [9.17, 15) is 22.4 Å². The summed E-state index contributed by atoms with van der Waals surface area (Å²) in [5, 5.41) is 0. The Morgan fingerprint density at radius 1 is 1.18 bits per heavy atom. The van der Waals surface area contributed by atoms with Crippen molar-refractivity contribution in [3.63, 3.8) is 0 Å². The Morgan fingerprint density at radius 3 is 2.68 bits per heavy atom. The van der Waals surface area contributed by atoms with Gasteiger partial charge >= 0.3 is 0 Å². The van der Waals surface area contributed by atoms with Crippen LogP contribution in [0.15, 0.2) is 41.8 Å². The molecular weight excluding hydrogens is 385 g/mol. The first-order valence-corrected chi connectivity index (χ1v) is 10.8. The quantitative estimate of drug-likeness (QED) is 0.739. The van der Waals surface area contributed by atoms with Crippen molar-refractivity contribution in [3.8, 4) is 0 Å². The van der Waals surface area contributed by atoms with Crippen molar-refractivity contribution in [2.75, 3.05) is 26.2 Å². The van der Waals surface area contributed by atoms with Crippen molar-refractivity contribution in [2.24, 2.45) is 5.92 Å². The van der Waals surface area contributed by atoms with Gasteiger partial charge in [-0.25, -0.2) is 17.5 Å². The van der Waals surface area contributed by atoms with Crippen LogP contribution in [0.5, 0.6) is 0 Å². The zero-order valence-electron chi connectivity index (χ0n) is 15.5. The second-order valence-electron chi connectivity index (χ2n) is 7.18. The molecule has 2 unspecified atom stereocenters. The average Bonchev–Trinajstić information content (AvgIpc) is 3.17. The third-order valence-corrected chi connectivity index (χ3v) is 6.70. The molecule has 1 aromatic rings. The van der Waals surface area contributed by atoms with Crippen molar-refractivity contribution >= 4 is 21.8 Å². The highest BCUT2D eigenvalue weighted by Crippen LogP contribution is 2.22. The first-order valence-electron chi connectivity index (χ1n) is 9.28. The van der Waals surface area contributed by atoms with Crippen molar-refractivity contribution < 1.29 is 22.4 Å². The average molecular weight is 409 g/mol. The fourth-order valence-electron chi connectivity index (χ4n) is 3.74. The predicted molar refractivity (Wildman–Crippen MR) is 101 cm³/mol. The fourth-order valence-corrected chi connectivity index (χ4v) is 5.04. The maximum atomic E-state index is 13.4. The van der Waals surface area contributed by atoms with Crippen LogP contribution in [0, 0.1) is 11.7 Å². The Labute approximate surface area is 164 Å². The zero-order valence-corrected chi connectivity index (χ0v) is 16.3. The molecule has 152 valence electrons. The number of piperidine rings is 1. The molecule has 2 heterocycles. The zero-order chi connectivity index (χ0) is 20.3. The number of carbonyl (C=O) groups is 2. The molecule has 2 amide bonds. The molecule has 2 aliphatic heterocycles. The molecule has 2 fully saturated rings. The van der Waals surface area contributed by atoms with Crippen molar-refractivity contribution in [3.05, 3.63) is 42.7 Å². The largest absolute Gasteiger partial charge is 0.341 e. The van der Waals surface area contributed by atoms with Crippen LogP contribution in [-0.2, 0) is 19.6 Å². The number of nitrogens with one attached hydrogen (secondary N) is 1. The number of likely N-dealkylation sites (tertiary alicyclic amines) is 2. The second-order valence-corrected chi connectivity index (χ2v) is 8.89. The minimum Gasteiger partial charge on any atom is -0.341 e. The highest BCUT2D eigenvalue weighted by molar-refractivity contribution is 7.89. The molecule has 1 N–H and O–H groups in total. The number of amides is 2. The molecule has 2 aliphatic rings. The molecular formula is C19H24FN3O4S. The number of rotatable bonds is 5. The summed E-state index contributed by atoms with van der Waals surface area (Å²) >= 11 is 0. The number of nitrogens with zero attached hydrogens (tertiary/aromatic N) is 2. The first-order chi connectivity index (χ1) is 13.3. The van der Waals surface area contributed by atoms with Gasteiger partial charge in [-0.2, -0.15) is 0 Å². The number of hydrogen-bond donors (Lipinski definition) is 1. The molecule has 0 aromatic heterocycles. The normalized spacial score (nSPS) is 22.9. The van der Waals surface area contributed by atoms with Crippen LogP contribution in [0.4, 0.5) is 4.39 Å². The summed E-state index contributed by atoms with van der Waals surface area (Å²) < 4.78 is 40.9. The lowest BCUT2D eigenvalue weighted by atomic mass is 10.0. The minimum atomic E-state index is -3.87. The van der Waals surface area contributed by atoms with E-state index in [4.69, 9.17) is 0 Å². The summed E-state index contributed by atoms with van der Waals surface area (Å²) in [5.41, 5.74) is 0. The van der Waals surface area contributed by atoms with Crippen molar-refractivity contribution in [2.45, 2.75) is 30.2 Å². The molecule has 0 saturated carbocycles. The summed E-state index contributed by atoms with van der Waals surface area (Å²) in [6.07, 6.45) is 3.10. The van der Waals surface area contributed by atoms with E-state index in [-0.39, 0.29) is 29.2 Å². The Morgan fingerprint density at radius 2 is 1.96 bits per heavy atom. The first kappa shape index (κ1) is 20.5. The van der Waals surface area contributed by atoms with Gasteiger partial charge in [0, 0.05) is 32.2 Å². The smallest absolute Gasteiger partial charge is 0.245 e. The molecule has 0 spiro atoms. The van der Waals surface area contributed by atoms with Crippen LogP contribution < -0.4 is 4.72 Å². The molecule has 2 saturated heterocycles. The number of sulfonamides is 1. The summed E-state index contributed by atoms with van der Waals surface area (Å²) in [6.45, 7) is 5.17. The number of hydrogen-bond acceptors (Lipinski definition) is 4. The molecule has 1 aromatic carbocycles. The fraction of sp³-hybridized carbons (Fsp3) is 0.474. The predicted octanol–water partition coefficient (Wildman–Crippen LogP) is 1.13. The molecule has 0 aliphatic carbocycles. The van der Waals surface area contributed by atoms with E-state index in [0.717, 1.165) is 6.07 Å². The molecule has 28 heavy (non-hydrogen) atoms. The molecule has 9 heteroatoms. The van der Waals surface area contributed by atoms with Crippen LogP contribution >= 0.6 is 0 Å². The summed E-state index contributed by atoms with van der Waals surface area (Å²) in [6, 6.07) is 4.40. The maximum Gasteiger partial charge on any atom is 0.245 e. The van der Waals surface area contributed by atoms with E-state index in [2.05, 4.69) is 11.3 Å². The Hall–Kier alpha value is -2.26. The van der Waals surface area contributed by atoms with E-state index in [1.165, 1.54) is 24.3 Å². The Balaban J connectivity index is 1.62. The number of carbonyl (C=O) groups excluding carboxylic acids is 2. The van der Waals surface area contributed by atoms with Gasteiger partial charge in [0.2, 0.25) is 21.8 Å². The van der Waals surface area contributed by atoms with E-state index < -0.39 is 21.9 Å². The molecule has 0 bridgehead atoms. The van der Waals surface area contributed by atoms with E-state index in [0.29, 0.717) is 38.9 Å². The SMILES string of the molecule is C=CC(=O)N1CCC(C(=O)N2CCCC(NS(=O)(=O)c3cccc(F)c3)C2)C1. The highest BCUT2D eigenvalue weighted by Gasteiger charge is 2.35. The number of halogens is 1. The highest BCUT2D eigenvalue weighted by atomic mass is 32.2. The lowest BCUT2D eigenvalue weighted by Crippen LogP contribution is -2.51. The van der Waals surface area contributed by atoms with Crippen molar-refractivity contribution in [1.29, 1.82) is 0 Å². The van der Waals surface area contributed by atoms with Gasteiger partial charge < -0.3 is 9.80 Å². The lowest BCUT2D eigenvalue weighted by Gasteiger charge is -2.34. The van der Waals surface area contributed by atoms with Crippen LogP contribution in [0.1, 0.15) is 19.3 Å². The van der Waals surface area contributed by atoms with Gasteiger partial charge in [0.15, 0.2) is 0 Å². The standard InChI is InChI=1S/C19H24FN3O4S/c1-2-18(24)22-10-8-14(12-22)19(25)23-9-4-6-16(13-23)21-28(26,27)17-7-3-5-15(20)11-17/h2-3,5,7,11,14,16,21H,1,4,6,8-10,12-13H2. The van der Waals surface area contributed by atoms with Gasteiger partial charge in [0.1, 0.15) is 5.82 Å². The second kappa shape index (κ2) is 8.40. The minimum absolute atomic E-state index is 0.0611. The van der Waals surface area contributed by atoms with Crippen LogP contribution in [0.3, 0.4) is 0 Å². The monoisotopic (exact) mass is 409 g/mol. The van der Waals surface area contributed by atoms with Crippen molar-refractivity contribution in [1.82, 2.24) is 14.5 Å². The van der Waals surface area contributed by atoms with Crippen LogP contribution in [-0.4, -0.2) is 62.3 Å². The number of benzene rings is 1. The van der Waals surface area contributed by atoms with E-state index in [1.807, 2.05) is 0 Å². The molecule has 7 nitrogen and oxygen atoms in total. The molecule has 0 radical (unpaired) electrons.